The number of nitrogens with zero attached hydrogens (tertiary/aromatic N) is 2. The zero-order chi connectivity index (χ0) is 26.4. The molecular weight excluding hydrogens is 494 g/mol. The van der Waals surface area contributed by atoms with Gasteiger partial charge in [-0.15, -0.1) is 0 Å². The molecule has 4 aromatic rings. The first-order chi connectivity index (χ1) is 17.8. The summed E-state index contributed by atoms with van der Waals surface area (Å²) < 4.78 is 45.9. The average Bonchev–Trinajstić information content (AvgIpc) is 3.33. The standard InChI is InChI=1S/C29H30F2N2O3S/c1-29(2,21-8-13-25(34-3)26(17-21)35-4)27-18-32-28(33(27)24-11-9-22(30)10-12-24)37-15-14-36-19-20-6-5-7-23(31)16-20/h5-13,16-18H,14-15,19H2,1-4H3. The van der Waals surface area contributed by atoms with Gasteiger partial charge in [-0.05, 0) is 59.7 Å². The van der Waals surface area contributed by atoms with Crippen LogP contribution in [0.3, 0.4) is 0 Å². The topological polar surface area (TPSA) is 45.5 Å². The van der Waals surface area contributed by atoms with Gasteiger partial charge in [0.25, 0.3) is 0 Å². The highest BCUT2D eigenvalue weighted by Gasteiger charge is 2.30. The third kappa shape index (κ3) is 6.14. The van der Waals surface area contributed by atoms with Gasteiger partial charge in [0, 0.05) is 16.9 Å². The number of halogens is 2. The molecule has 0 aliphatic rings. The number of benzene rings is 3. The highest BCUT2D eigenvalue weighted by atomic mass is 32.2. The fourth-order valence-corrected chi connectivity index (χ4v) is 4.94. The lowest BCUT2D eigenvalue weighted by Crippen LogP contribution is -2.23. The summed E-state index contributed by atoms with van der Waals surface area (Å²) in [7, 11) is 3.22. The normalized spacial score (nSPS) is 11.5. The van der Waals surface area contributed by atoms with Crippen LogP contribution in [0.1, 0.15) is 30.7 Å². The predicted molar refractivity (Wildman–Crippen MR) is 142 cm³/mol. The molecule has 0 unspecified atom stereocenters. The molecule has 8 heteroatoms. The first kappa shape index (κ1) is 26.7. The monoisotopic (exact) mass is 524 g/mol. The molecule has 37 heavy (non-hydrogen) atoms. The Labute approximate surface area is 220 Å². The molecule has 0 N–H and O–H groups in total. The fourth-order valence-electron chi connectivity index (χ4n) is 4.10. The molecule has 0 fully saturated rings. The summed E-state index contributed by atoms with van der Waals surface area (Å²) in [4.78, 5) is 4.72. The Morgan fingerprint density at radius 2 is 1.65 bits per heavy atom. The molecule has 0 amide bonds. The molecule has 0 bridgehead atoms. The summed E-state index contributed by atoms with van der Waals surface area (Å²) in [6, 6.07) is 18.6. The van der Waals surface area contributed by atoms with Crippen LogP contribution in [0.25, 0.3) is 5.69 Å². The van der Waals surface area contributed by atoms with Crippen molar-refractivity contribution in [3.8, 4) is 17.2 Å². The molecule has 1 heterocycles. The second-order valence-electron chi connectivity index (χ2n) is 8.96. The van der Waals surface area contributed by atoms with E-state index in [1.54, 1.807) is 44.2 Å². The van der Waals surface area contributed by atoms with E-state index in [-0.39, 0.29) is 11.6 Å². The van der Waals surface area contributed by atoms with Crippen molar-refractivity contribution >= 4 is 11.8 Å². The molecule has 5 nitrogen and oxygen atoms in total. The Bertz CT molecular complexity index is 1340. The summed E-state index contributed by atoms with van der Waals surface area (Å²) in [5, 5.41) is 0.768. The molecule has 194 valence electrons. The van der Waals surface area contributed by atoms with Crippen molar-refractivity contribution < 1.29 is 23.0 Å². The maximum atomic E-state index is 13.7. The number of thioether (sulfide) groups is 1. The minimum absolute atomic E-state index is 0.276. The van der Waals surface area contributed by atoms with Gasteiger partial charge < -0.3 is 14.2 Å². The third-order valence-electron chi connectivity index (χ3n) is 6.18. The fraction of sp³-hybridized carbons (Fsp3) is 0.276. The van der Waals surface area contributed by atoms with E-state index in [0.29, 0.717) is 30.5 Å². The van der Waals surface area contributed by atoms with E-state index in [4.69, 9.17) is 19.2 Å². The largest absolute Gasteiger partial charge is 0.493 e. The number of rotatable bonds is 11. The van der Waals surface area contributed by atoms with Crippen molar-refractivity contribution in [2.75, 3.05) is 26.6 Å². The molecule has 1 aromatic heterocycles. The van der Waals surface area contributed by atoms with Gasteiger partial charge >= 0.3 is 0 Å². The van der Waals surface area contributed by atoms with E-state index < -0.39 is 5.41 Å². The first-order valence-corrected chi connectivity index (χ1v) is 12.8. The Morgan fingerprint density at radius 1 is 0.892 bits per heavy atom. The van der Waals surface area contributed by atoms with Crippen molar-refractivity contribution in [1.82, 2.24) is 9.55 Å². The lowest BCUT2D eigenvalue weighted by atomic mass is 9.81. The summed E-state index contributed by atoms with van der Waals surface area (Å²) in [5.41, 5.74) is 3.09. The Kier molecular flexibility index (Phi) is 8.51. The number of hydrogen-bond acceptors (Lipinski definition) is 5. The Balaban J connectivity index is 1.58. The van der Waals surface area contributed by atoms with Crippen molar-refractivity contribution in [2.24, 2.45) is 0 Å². The van der Waals surface area contributed by atoms with Gasteiger partial charge in [-0.1, -0.05) is 43.8 Å². The van der Waals surface area contributed by atoms with Crippen LogP contribution in [0.2, 0.25) is 0 Å². The minimum Gasteiger partial charge on any atom is -0.493 e. The van der Waals surface area contributed by atoms with E-state index in [1.807, 2.05) is 35.0 Å². The van der Waals surface area contributed by atoms with Crippen molar-refractivity contribution in [2.45, 2.75) is 31.0 Å². The predicted octanol–water partition coefficient (Wildman–Crippen LogP) is 6.80. The van der Waals surface area contributed by atoms with Gasteiger partial charge in [0.15, 0.2) is 16.7 Å². The molecule has 3 aromatic carbocycles. The van der Waals surface area contributed by atoms with Crippen LogP contribution >= 0.6 is 11.8 Å². The van der Waals surface area contributed by atoms with Gasteiger partial charge in [-0.3, -0.25) is 4.57 Å². The van der Waals surface area contributed by atoms with Crippen LogP contribution in [0.4, 0.5) is 8.78 Å². The van der Waals surface area contributed by atoms with Gasteiger partial charge in [0.2, 0.25) is 0 Å². The van der Waals surface area contributed by atoms with Crippen molar-refractivity contribution in [3.63, 3.8) is 0 Å². The second kappa shape index (κ2) is 11.8. The van der Waals surface area contributed by atoms with Crippen LogP contribution in [0.5, 0.6) is 11.5 Å². The summed E-state index contributed by atoms with van der Waals surface area (Å²) in [6.45, 7) is 5.03. The van der Waals surface area contributed by atoms with Gasteiger partial charge in [-0.25, -0.2) is 13.8 Å². The van der Waals surface area contributed by atoms with Gasteiger partial charge in [0.05, 0.1) is 39.3 Å². The molecule has 4 rings (SSSR count). The number of ether oxygens (including phenoxy) is 3. The number of hydrogen-bond donors (Lipinski definition) is 0. The van der Waals surface area contributed by atoms with Crippen LogP contribution in [0.15, 0.2) is 78.1 Å². The van der Waals surface area contributed by atoms with E-state index in [9.17, 15) is 8.78 Å². The highest BCUT2D eigenvalue weighted by Crippen LogP contribution is 2.39. The zero-order valence-electron chi connectivity index (χ0n) is 21.3. The van der Waals surface area contributed by atoms with Crippen LogP contribution in [-0.4, -0.2) is 36.1 Å². The van der Waals surface area contributed by atoms with Crippen LogP contribution < -0.4 is 9.47 Å². The number of imidazole rings is 1. The first-order valence-electron chi connectivity index (χ1n) is 11.8. The van der Waals surface area contributed by atoms with Gasteiger partial charge in [-0.2, -0.15) is 0 Å². The molecule has 0 radical (unpaired) electrons. The lowest BCUT2D eigenvalue weighted by Gasteiger charge is -2.28. The van der Waals surface area contributed by atoms with Gasteiger partial charge in [0.1, 0.15) is 11.6 Å². The lowest BCUT2D eigenvalue weighted by molar-refractivity contribution is 0.136. The molecule has 0 saturated heterocycles. The summed E-state index contributed by atoms with van der Waals surface area (Å²) >= 11 is 1.54. The highest BCUT2D eigenvalue weighted by molar-refractivity contribution is 7.99. The minimum atomic E-state index is -0.465. The maximum Gasteiger partial charge on any atom is 0.172 e. The Hall–Kier alpha value is -3.36. The van der Waals surface area contributed by atoms with Crippen molar-refractivity contribution in [1.29, 1.82) is 0 Å². The quantitative estimate of drug-likeness (QED) is 0.159. The van der Waals surface area contributed by atoms with Crippen LogP contribution in [0, 0.1) is 11.6 Å². The molecule has 0 aliphatic carbocycles. The molecule has 0 saturated carbocycles. The third-order valence-corrected chi connectivity index (χ3v) is 7.09. The summed E-state index contributed by atoms with van der Waals surface area (Å²) in [6.07, 6.45) is 1.86. The molecular formula is C29H30F2N2O3S. The molecule has 0 aliphatic heterocycles. The van der Waals surface area contributed by atoms with E-state index in [2.05, 4.69) is 13.8 Å². The molecule has 0 spiro atoms. The van der Waals surface area contributed by atoms with Crippen molar-refractivity contribution in [3.05, 3.63) is 101 Å². The van der Waals surface area contributed by atoms with Crippen LogP contribution in [-0.2, 0) is 16.8 Å². The van der Waals surface area contributed by atoms with E-state index in [1.165, 1.54) is 24.3 Å². The smallest absolute Gasteiger partial charge is 0.172 e. The average molecular weight is 525 g/mol. The SMILES string of the molecule is COc1ccc(C(C)(C)c2cnc(SCCOCc3cccc(F)c3)n2-c2ccc(F)cc2)cc1OC. The van der Waals surface area contributed by atoms with E-state index >= 15 is 0 Å². The van der Waals surface area contributed by atoms with E-state index in [0.717, 1.165) is 27.7 Å². The zero-order valence-corrected chi connectivity index (χ0v) is 22.1. The summed E-state index contributed by atoms with van der Waals surface area (Å²) in [5.74, 6) is 1.37. The number of methoxy groups -OCH3 is 2. The molecule has 0 atom stereocenters. The number of aromatic nitrogens is 2. The Morgan fingerprint density at radius 3 is 2.35 bits per heavy atom. The maximum absolute atomic E-state index is 13.7. The second-order valence-corrected chi connectivity index (χ2v) is 10.0.